The lowest BCUT2D eigenvalue weighted by atomic mass is 9.83. The number of ketones is 1. The molecule has 1 unspecified atom stereocenters. The highest BCUT2D eigenvalue weighted by Gasteiger charge is 2.20. The van der Waals surface area contributed by atoms with Crippen LogP contribution < -0.4 is 0 Å². The van der Waals surface area contributed by atoms with Crippen LogP contribution in [0, 0.1) is 24.1 Å². The fourth-order valence-electron chi connectivity index (χ4n) is 2.40. The number of halogens is 1. The zero-order valence-electron chi connectivity index (χ0n) is 12.0. The van der Waals surface area contributed by atoms with Crippen molar-refractivity contribution in [3.63, 3.8) is 0 Å². The van der Waals surface area contributed by atoms with Gasteiger partial charge in [-0.2, -0.15) is 0 Å². The number of carbonyl (C=O) groups is 1. The molecule has 1 rings (SSSR count). The van der Waals surface area contributed by atoms with Crippen LogP contribution in [0.15, 0.2) is 18.2 Å². The van der Waals surface area contributed by atoms with E-state index in [9.17, 15) is 9.18 Å². The molecule has 18 heavy (non-hydrogen) atoms. The van der Waals surface area contributed by atoms with Gasteiger partial charge in [0.15, 0.2) is 5.78 Å². The summed E-state index contributed by atoms with van der Waals surface area (Å²) in [6.07, 6.45) is 1.38. The molecule has 0 fully saturated rings. The van der Waals surface area contributed by atoms with E-state index in [2.05, 4.69) is 27.7 Å². The molecule has 0 aromatic heterocycles. The van der Waals surface area contributed by atoms with Crippen LogP contribution in [0.4, 0.5) is 4.39 Å². The smallest absolute Gasteiger partial charge is 0.166 e. The quantitative estimate of drug-likeness (QED) is 0.703. The van der Waals surface area contributed by atoms with Gasteiger partial charge >= 0.3 is 0 Å². The highest BCUT2D eigenvalue weighted by molar-refractivity contribution is 5.96. The Bertz CT molecular complexity index is 429. The minimum Gasteiger partial charge on any atom is -0.294 e. The van der Waals surface area contributed by atoms with Gasteiger partial charge in [-0.1, -0.05) is 39.3 Å². The van der Waals surface area contributed by atoms with Crippen LogP contribution in [0.5, 0.6) is 0 Å². The van der Waals surface area contributed by atoms with Gasteiger partial charge in [-0.3, -0.25) is 4.79 Å². The third-order valence-electron chi connectivity index (χ3n) is 2.92. The molecular formula is C16H23FO. The Morgan fingerprint density at radius 3 is 2.50 bits per heavy atom. The predicted molar refractivity (Wildman–Crippen MR) is 73.3 cm³/mol. The van der Waals surface area contributed by atoms with Crippen LogP contribution >= 0.6 is 0 Å². The summed E-state index contributed by atoms with van der Waals surface area (Å²) < 4.78 is 13.6. The van der Waals surface area contributed by atoms with Crippen molar-refractivity contribution in [2.75, 3.05) is 0 Å². The molecule has 1 aromatic rings. The van der Waals surface area contributed by atoms with E-state index in [1.165, 1.54) is 6.07 Å². The second kappa shape index (κ2) is 5.64. The summed E-state index contributed by atoms with van der Waals surface area (Å²) in [6, 6.07) is 4.70. The molecule has 0 saturated heterocycles. The zero-order valence-corrected chi connectivity index (χ0v) is 12.0. The molecule has 0 N–H and O–H groups in total. The highest BCUT2D eigenvalue weighted by atomic mass is 19.1. The minimum atomic E-state index is -0.409. The number of hydrogen-bond acceptors (Lipinski definition) is 1. The van der Waals surface area contributed by atoms with Crippen LogP contribution in [0.1, 0.15) is 56.5 Å². The first-order valence-electron chi connectivity index (χ1n) is 6.48. The molecule has 0 spiro atoms. The van der Waals surface area contributed by atoms with Crippen LogP contribution in [0.3, 0.4) is 0 Å². The highest BCUT2D eigenvalue weighted by Crippen LogP contribution is 2.27. The molecule has 0 saturated carbocycles. The Hall–Kier alpha value is -1.18. The summed E-state index contributed by atoms with van der Waals surface area (Å²) in [5.41, 5.74) is 1.35. The van der Waals surface area contributed by atoms with Gasteiger partial charge in [0, 0.05) is 6.42 Å². The molecule has 1 atom stereocenters. The number of aryl methyl sites for hydroxylation is 1. The Kier molecular flexibility index (Phi) is 4.66. The van der Waals surface area contributed by atoms with E-state index in [1.807, 2.05) is 6.92 Å². The van der Waals surface area contributed by atoms with Crippen molar-refractivity contribution in [1.29, 1.82) is 0 Å². The van der Waals surface area contributed by atoms with Crippen LogP contribution in [0.2, 0.25) is 0 Å². The van der Waals surface area contributed by atoms with Gasteiger partial charge in [0.25, 0.3) is 0 Å². The molecule has 0 amide bonds. The second-order valence-corrected chi connectivity index (χ2v) is 6.48. The van der Waals surface area contributed by atoms with Gasteiger partial charge in [0.2, 0.25) is 0 Å². The molecule has 0 bridgehead atoms. The van der Waals surface area contributed by atoms with E-state index in [-0.39, 0.29) is 22.7 Å². The maximum Gasteiger partial charge on any atom is 0.166 e. The Morgan fingerprint density at radius 2 is 1.94 bits per heavy atom. The van der Waals surface area contributed by atoms with Crippen molar-refractivity contribution in [2.45, 2.75) is 47.5 Å². The third kappa shape index (κ3) is 4.59. The Balaban J connectivity index is 2.74. The van der Waals surface area contributed by atoms with Gasteiger partial charge in [-0.05, 0) is 36.8 Å². The standard InChI is InChI=1S/C16H23FO/c1-11-6-7-14(17)13(8-11)15(18)9-12(2)10-16(3,4)5/h6-8,12H,9-10H2,1-5H3. The molecule has 2 heteroatoms. The molecule has 1 aromatic carbocycles. The summed E-state index contributed by atoms with van der Waals surface area (Å²) in [6.45, 7) is 10.4. The molecule has 0 aliphatic rings. The molecule has 0 aliphatic carbocycles. The fraction of sp³-hybridized carbons (Fsp3) is 0.562. The second-order valence-electron chi connectivity index (χ2n) is 6.48. The normalized spacial score (nSPS) is 13.4. The molecule has 0 radical (unpaired) electrons. The lowest BCUT2D eigenvalue weighted by Crippen LogP contribution is -2.15. The number of Topliss-reactive ketones (excluding diaryl/α,β-unsaturated/α-hetero) is 1. The monoisotopic (exact) mass is 250 g/mol. The first-order chi connectivity index (χ1) is 8.19. The van der Waals surface area contributed by atoms with E-state index in [0.717, 1.165) is 12.0 Å². The van der Waals surface area contributed by atoms with E-state index >= 15 is 0 Å². The van der Waals surface area contributed by atoms with Gasteiger partial charge in [-0.15, -0.1) is 0 Å². The van der Waals surface area contributed by atoms with Crippen molar-refractivity contribution >= 4 is 5.78 Å². The summed E-state index contributed by atoms with van der Waals surface area (Å²) in [7, 11) is 0. The van der Waals surface area contributed by atoms with Crippen molar-refractivity contribution in [3.05, 3.63) is 35.1 Å². The first-order valence-corrected chi connectivity index (χ1v) is 6.48. The van der Waals surface area contributed by atoms with Gasteiger partial charge in [0.1, 0.15) is 5.82 Å². The molecule has 0 aliphatic heterocycles. The molecule has 0 heterocycles. The van der Waals surface area contributed by atoms with Crippen LogP contribution in [-0.4, -0.2) is 5.78 Å². The van der Waals surface area contributed by atoms with Crippen molar-refractivity contribution in [1.82, 2.24) is 0 Å². The van der Waals surface area contributed by atoms with Gasteiger partial charge < -0.3 is 0 Å². The maximum atomic E-state index is 13.6. The van der Waals surface area contributed by atoms with Gasteiger partial charge in [-0.25, -0.2) is 4.39 Å². The maximum absolute atomic E-state index is 13.6. The summed E-state index contributed by atoms with van der Waals surface area (Å²) in [5.74, 6) is -0.223. The summed E-state index contributed by atoms with van der Waals surface area (Å²) in [4.78, 5) is 12.1. The summed E-state index contributed by atoms with van der Waals surface area (Å²) >= 11 is 0. The van der Waals surface area contributed by atoms with E-state index in [4.69, 9.17) is 0 Å². The Labute approximate surface area is 109 Å². The number of carbonyl (C=O) groups excluding carboxylic acids is 1. The number of hydrogen-bond donors (Lipinski definition) is 0. The van der Waals surface area contributed by atoms with E-state index in [0.29, 0.717) is 6.42 Å². The topological polar surface area (TPSA) is 17.1 Å². The first kappa shape index (κ1) is 14.9. The average Bonchev–Trinajstić information content (AvgIpc) is 2.18. The molecular weight excluding hydrogens is 227 g/mol. The lowest BCUT2D eigenvalue weighted by Gasteiger charge is -2.22. The van der Waals surface area contributed by atoms with E-state index in [1.54, 1.807) is 12.1 Å². The van der Waals surface area contributed by atoms with Crippen molar-refractivity contribution < 1.29 is 9.18 Å². The Morgan fingerprint density at radius 1 is 1.33 bits per heavy atom. The summed E-state index contributed by atoms with van der Waals surface area (Å²) in [5, 5.41) is 0. The average molecular weight is 250 g/mol. The van der Waals surface area contributed by atoms with Crippen LogP contribution in [-0.2, 0) is 0 Å². The van der Waals surface area contributed by atoms with Crippen molar-refractivity contribution in [3.8, 4) is 0 Å². The SMILES string of the molecule is Cc1ccc(F)c(C(=O)CC(C)CC(C)(C)C)c1. The van der Waals surface area contributed by atoms with Crippen molar-refractivity contribution in [2.24, 2.45) is 11.3 Å². The predicted octanol–water partition coefficient (Wildman–Crippen LogP) is 4.78. The number of rotatable bonds is 4. The minimum absolute atomic E-state index is 0.0899. The molecule has 1 nitrogen and oxygen atoms in total. The largest absolute Gasteiger partial charge is 0.294 e. The fourth-order valence-corrected chi connectivity index (χ4v) is 2.40. The number of benzene rings is 1. The van der Waals surface area contributed by atoms with E-state index < -0.39 is 5.82 Å². The zero-order chi connectivity index (χ0) is 13.9. The molecule has 100 valence electrons. The lowest BCUT2D eigenvalue weighted by molar-refractivity contribution is 0.0950. The third-order valence-corrected chi connectivity index (χ3v) is 2.92. The van der Waals surface area contributed by atoms with Crippen LogP contribution in [0.25, 0.3) is 0 Å². The van der Waals surface area contributed by atoms with Gasteiger partial charge in [0.05, 0.1) is 5.56 Å².